The van der Waals surface area contributed by atoms with E-state index in [1.54, 1.807) is 24.3 Å². The molecule has 1 saturated heterocycles. The van der Waals surface area contributed by atoms with Crippen molar-refractivity contribution in [3.05, 3.63) is 29.8 Å². The van der Waals surface area contributed by atoms with Gasteiger partial charge in [0, 0.05) is 17.6 Å². The molecule has 1 aromatic rings. The Bertz CT molecular complexity index is 499. The number of rotatable bonds is 6. The number of carbonyl (C=O) groups is 1. The van der Waals surface area contributed by atoms with Crippen molar-refractivity contribution in [2.45, 2.75) is 45.3 Å². The van der Waals surface area contributed by atoms with E-state index in [0.717, 1.165) is 6.54 Å². The summed E-state index contributed by atoms with van der Waals surface area (Å²) in [6, 6.07) is 7.08. The summed E-state index contributed by atoms with van der Waals surface area (Å²) in [4.78, 5) is 13.6. The fraction of sp³-hybridized carbons (Fsp3) is 0.588. The van der Waals surface area contributed by atoms with Crippen molar-refractivity contribution in [3.63, 3.8) is 0 Å². The summed E-state index contributed by atoms with van der Waals surface area (Å²) in [5, 5.41) is 10.1. The summed E-state index contributed by atoms with van der Waals surface area (Å²) in [6.07, 6.45) is 1.83. The lowest BCUT2D eigenvalue weighted by atomic mass is 10.0. The Kier molecular flexibility index (Phi) is 5.01. The molecule has 1 atom stereocenters. The SMILES string of the molecule is CC(=O)c1cccc(OCC(O)CN2CCCC2(C)C)c1. The predicted molar refractivity (Wildman–Crippen MR) is 82.8 cm³/mol. The van der Waals surface area contributed by atoms with Gasteiger partial charge >= 0.3 is 0 Å². The van der Waals surface area contributed by atoms with Crippen molar-refractivity contribution >= 4 is 5.78 Å². The summed E-state index contributed by atoms with van der Waals surface area (Å²) in [5.41, 5.74) is 0.790. The maximum atomic E-state index is 11.3. The normalized spacial score (nSPS) is 19.4. The molecule has 1 heterocycles. The molecule has 0 aromatic heterocycles. The number of hydrogen-bond acceptors (Lipinski definition) is 4. The molecule has 0 bridgehead atoms. The maximum absolute atomic E-state index is 11.3. The minimum Gasteiger partial charge on any atom is -0.491 e. The van der Waals surface area contributed by atoms with Crippen LogP contribution >= 0.6 is 0 Å². The van der Waals surface area contributed by atoms with Gasteiger partial charge < -0.3 is 9.84 Å². The van der Waals surface area contributed by atoms with E-state index in [1.807, 2.05) is 0 Å². The number of nitrogens with zero attached hydrogens (tertiary/aromatic N) is 1. The van der Waals surface area contributed by atoms with Crippen LogP contribution in [0.15, 0.2) is 24.3 Å². The molecular formula is C17H25NO3. The smallest absolute Gasteiger partial charge is 0.159 e. The van der Waals surface area contributed by atoms with Crippen molar-refractivity contribution in [1.82, 2.24) is 4.90 Å². The molecule has 1 aliphatic heterocycles. The molecule has 1 aliphatic rings. The zero-order valence-electron chi connectivity index (χ0n) is 13.1. The summed E-state index contributed by atoms with van der Waals surface area (Å²) in [7, 11) is 0. The van der Waals surface area contributed by atoms with Crippen molar-refractivity contribution < 1.29 is 14.6 Å². The van der Waals surface area contributed by atoms with Crippen LogP contribution in [0.25, 0.3) is 0 Å². The topological polar surface area (TPSA) is 49.8 Å². The van der Waals surface area contributed by atoms with Crippen LogP contribution in [0.1, 0.15) is 44.0 Å². The minimum absolute atomic E-state index is 0.0137. The molecule has 1 unspecified atom stereocenters. The Hall–Kier alpha value is -1.39. The molecule has 0 saturated carbocycles. The molecule has 1 N–H and O–H groups in total. The van der Waals surface area contributed by atoms with Gasteiger partial charge in [0.25, 0.3) is 0 Å². The fourth-order valence-corrected chi connectivity index (χ4v) is 2.81. The highest BCUT2D eigenvalue weighted by Gasteiger charge is 2.32. The molecule has 2 rings (SSSR count). The first-order chi connectivity index (χ1) is 9.88. The highest BCUT2D eigenvalue weighted by Crippen LogP contribution is 2.28. The lowest BCUT2D eigenvalue weighted by Gasteiger charge is -2.33. The first-order valence-electron chi connectivity index (χ1n) is 7.55. The van der Waals surface area contributed by atoms with E-state index >= 15 is 0 Å². The molecule has 1 aromatic carbocycles. The van der Waals surface area contributed by atoms with Gasteiger partial charge in [-0.1, -0.05) is 12.1 Å². The summed E-state index contributed by atoms with van der Waals surface area (Å²) < 4.78 is 5.61. The molecule has 4 nitrogen and oxygen atoms in total. The highest BCUT2D eigenvalue weighted by atomic mass is 16.5. The molecule has 0 spiro atoms. The monoisotopic (exact) mass is 291 g/mol. The summed E-state index contributed by atoms with van der Waals surface area (Å²) in [6.45, 7) is 7.86. The summed E-state index contributed by atoms with van der Waals surface area (Å²) in [5.74, 6) is 0.641. The van der Waals surface area contributed by atoms with E-state index in [9.17, 15) is 9.90 Å². The number of β-amino-alcohol motifs (C(OH)–C–C–N with tert-alkyl or cyclic N) is 1. The third-order valence-electron chi connectivity index (χ3n) is 4.19. The number of benzene rings is 1. The quantitative estimate of drug-likeness (QED) is 0.818. The molecular weight excluding hydrogens is 266 g/mol. The van der Waals surface area contributed by atoms with Crippen LogP contribution in [0.4, 0.5) is 0 Å². The van der Waals surface area contributed by atoms with E-state index in [4.69, 9.17) is 4.74 Å². The molecule has 0 amide bonds. The number of hydrogen-bond donors (Lipinski definition) is 1. The van der Waals surface area contributed by atoms with Gasteiger partial charge in [0.05, 0.1) is 0 Å². The standard InChI is InChI=1S/C17H25NO3/c1-13(19)14-6-4-7-16(10-14)21-12-15(20)11-18-9-5-8-17(18,2)3/h4,6-7,10,15,20H,5,8-9,11-12H2,1-3H3. The van der Waals surface area contributed by atoms with Crippen molar-refractivity contribution in [2.75, 3.05) is 19.7 Å². The maximum Gasteiger partial charge on any atom is 0.159 e. The predicted octanol–water partition coefficient (Wildman–Crippen LogP) is 2.50. The zero-order chi connectivity index (χ0) is 15.5. The first kappa shape index (κ1) is 16.0. The second-order valence-electron chi connectivity index (χ2n) is 6.41. The Labute approximate surface area is 126 Å². The van der Waals surface area contributed by atoms with Crippen molar-refractivity contribution in [2.24, 2.45) is 0 Å². The number of Topliss-reactive ketones (excluding diaryl/α,β-unsaturated/α-hetero) is 1. The van der Waals surface area contributed by atoms with Gasteiger partial charge in [-0.3, -0.25) is 9.69 Å². The Morgan fingerprint density at radius 1 is 1.48 bits per heavy atom. The highest BCUT2D eigenvalue weighted by molar-refractivity contribution is 5.94. The van der Waals surface area contributed by atoms with Crippen molar-refractivity contribution in [3.8, 4) is 5.75 Å². The van der Waals surface area contributed by atoms with E-state index in [1.165, 1.54) is 19.8 Å². The van der Waals surface area contributed by atoms with E-state index in [-0.39, 0.29) is 17.9 Å². The molecule has 0 aliphatic carbocycles. The molecule has 1 fully saturated rings. The average Bonchev–Trinajstić information content (AvgIpc) is 2.76. The van der Waals surface area contributed by atoms with Crippen molar-refractivity contribution in [1.29, 1.82) is 0 Å². The van der Waals surface area contributed by atoms with Crippen LogP contribution in [0.5, 0.6) is 5.75 Å². The third-order valence-corrected chi connectivity index (χ3v) is 4.19. The van der Waals surface area contributed by atoms with Crippen LogP contribution in [0.3, 0.4) is 0 Å². The molecule has 116 valence electrons. The second kappa shape index (κ2) is 6.58. The van der Waals surface area contributed by atoms with Gasteiger partial charge in [0.2, 0.25) is 0 Å². The number of ketones is 1. The molecule has 21 heavy (non-hydrogen) atoms. The number of aliphatic hydroxyl groups excluding tert-OH is 1. The van der Waals surface area contributed by atoms with Gasteiger partial charge in [-0.15, -0.1) is 0 Å². The number of carbonyl (C=O) groups excluding carboxylic acids is 1. The van der Waals surface area contributed by atoms with Gasteiger partial charge in [0.1, 0.15) is 18.5 Å². The van der Waals surface area contributed by atoms with E-state index < -0.39 is 6.10 Å². The number of aliphatic hydroxyl groups is 1. The lowest BCUT2D eigenvalue weighted by Crippen LogP contribution is -2.44. The van der Waals surface area contributed by atoms with E-state index in [0.29, 0.717) is 17.9 Å². The van der Waals surface area contributed by atoms with Gasteiger partial charge in [0.15, 0.2) is 5.78 Å². The lowest BCUT2D eigenvalue weighted by molar-refractivity contribution is 0.0464. The van der Waals surface area contributed by atoms with Gasteiger partial charge in [-0.05, 0) is 52.3 Å². The Balaban J connectivity index is 1.85. The number of likely N-dealkylation sites (tertiary alicyclic amines) is 1. The Morgan fingerprint density at radius 3 is 2.86 bits per heavy atom. The largest absolute Gasteiger partial charge is 0.491 e. The van der Waals surface area contributed by atoms with Gasteiger partial charge in [-0.2, -0.15) is 0 Å². The minimum atomic E-state index is -0.525. The van der Waals surface area contributed by atoms with Crippen LogP contribution in [0.2, 0.25) is 0 Å². The third kappa shape index (κ3) is 4.29. The number of ether oxygens (including phenoxy) is 1. The van der Waals surface area contributed by atoms with Crippen LogP contribution in [-0.2, 0) is 0 Å². The van der Waals surface area contributed by atoms with Crippen LogP contribution in [0, 0.1) is 0 Å². The van der Waals surface area contributed by atoms with Gasteiger partial charge in [-0.25, -0.2) is 0 Å². The average molecular weight is 291 g/mol. The van der Waals surface area contributed by atoms with Crippen LogP contribution < -0.4 is 4.74 Å². The second-order valence-corrected chi connectivity index (χ2v) is 6.41. The fourth-order valence-electron chi connectivity index (χ4n) is 2.81. The first-order valence-corrected chi connectivity index (χ1v) is 7.55. The van der Waals surface area contributed by atoms with E-state index in [2.05, 4.69) is 18.7 Å². The zero-order valence-corrected chi connectivity index (χ0v) is 13.1. The summed E-state index contributed by atoms with van der Waals surface area (Å²) >= 11 is 0. The van der Waals surface area contributed by atoms with Crippen LogP contribution in [-0.4, -0.2) is 47.1 Å². The Morgan fingerprint density at radius 2 is 2.24 bits per heavy atom. The molecule has 0 radical (unpaired) electrons. The molecule has 4 heteroatoms.